The summed E-state index contributed by atoms with van der Waals surface area (Å²) in [6, 6.07) is 12.1. The first kappa shape index (κ1) is 13.6. The predicted octanol–water partition coefficient (Wildman–Crippen LogP) is 2.99. The molecule has 4 heteroatoms. The topological polar surface area (TPSA) is 45.2 Å². The van der Waals surface area contributed by atoms with E-state index in [2.05, 4.69) is 16.4 Å². The Morgan fingerprint density at radius 1 is 1.24 bits per heavy atom. The van der Waals surface area contributed by atoms with Crippen LogP contribution in [0.5, 0.6) is 0 Å². The van der Waals surface area contributed by atoms with Crippen LogP contribution in [0, 0.1) is 0 Å². The molecule has 0 aliphatic carbocycles. The number of aryl methyl sites for hydroxylation is 1. The summed E-state index contributed by atoms with van der Waals surface area (Å²) in [5, 5.41) is 3.20. The lowest BCUT2D eigenvalue weighted by molar-refractivity contribution is -0.119. The lowest BCUT2D eigenvalue weighted by Gasteiger charge is -2.29. The Morgan fingerprint density at radius 3 is 2.95 bits per heavy atom. The van der Waals surface area contributed by atoms with Gasteiger partial charge in [0, 0.05) is 24.8 Å². The maximum Gasteiger partial charge on any atom is 0.227 e. The number of carbonyl (C=O) groups excluding carboxylic acids is 1. The van der Waals surface area contributed by atoms with E-state index in [1.54, 1.807) is 6.20 Å². The van der Waals surface area contributed by atoms with Gasteiger partial charge < -0.3 is 10.2 Å². The number of rotatable bonds is 4. The number of aromatic nitrogens is 1. The molecule has 1 N–H and O–H groups in total. The minimum Gasteiger partial charge on any atom is -0.370 e. The van der Waals surface area contributed by atoms with Crippen LogP contribution < -0.4 is 10.2 Å². The van der Waals surface area contributed by atoms with Crippen molar-refractivity contribution in [2.75, 3.05) is 16.8 Å². The summed E-state index contributed by atoms with van der Waals surface area (Å²) in [5.74, 6) is 1.04. The molecule has 0 saturated heterocycles. The van der Waals surface area contributed by atoms with Crippen molar-refractivity contribution in [3.05, 3.63) is 53.7 Å². The molecule has 1 aromatic carbocycles. The van der Waals surface area contributed by atoms with E-state index in [-0.39, 0.29) is 5.91 Å². The molecule has 0 radical (unpaired) electrons. The fourth-order valence-electron chi connectivity index (χ4n) is 2.70. The summed E-state index contributed by atoms with van der Waals surface area (Å²) in [6.07, 6.45) is 3.21. The third kappa shape index (κ3) is 2.89. The number of benzene rings is 1. The van der Waals surface area contributed by atoms with Gasteiger partial charge in [-0.05, 0) is 42.7 Å². The zero-order chi connectivity index (χ0) is 14.7. The molecule has 1 aliphatic heterocycles. The minimum atomic E-state index is 0.190. The Bertz CT molecular complexity index is 654. The van der Waals surface area contributed by atoms with Crippen molar-refractivity contribution in [2.24, 2.45) is 0 Å². The molecule has 108 valence electrons. The fraction of sp³-hybridized carbons (Fsp3) is 0.294. The maximum absolute atomic E-state index is 12.3. The average Bonchev–Trinajstić information content (AvgIpc) is 2.51. The summed E-state index contributed by atoms with van der Waals surface area (Å²) in [5.41, 5.74) is 3.37. The van der Waals surface area contributed by atoms with Crippen LogP contribution in [-0.4, -0.2) is 17.4 Å². The van der Waals surface area contributed by atoms with Gasteiger partial charge in [-0.1, -0.05) is 18.2 Å². The van der Waals surface area contributed by atoms with Gasteiger partial charge in [0.2, 0.25) is 5.91 Å². The second kappa shape index (κ2) is 5.95. The van der Waals surface area contributed by atoms with E-state index in [0.29, 0.717) is 13.0 Å². The van der Waals surface area contributed by atoms with Gasteiger partial charge in [0.1, 0.15) is 5.82 Å². The highest BCUT2D eigenvalue weighted by atomic mass is 16.2. The second-order valence-electron chi connectivity index (χ2n) is 5.19. The fourth-order valence-corrected chi connectivity index (χ4v) is 2.70. The van der Waals surface area contributed by atoms with Crippen molar-refractivity contribution < 1.29 is 4.79 Å². The predicted molar refractivity (Wildman–Crippen MR) is 84.4 cm³/mol. The lowest BCUT2D eigenvalue weighted by Crippen LogP contribution is -2.34. The minimum absolute atomic E-state index is 0.190. The highest BCUT2D eigenvalue weighted by Crippen LogP contribution is 2.29. The molecule has 21 heavy (non-hydrogen) atoms. The monoisotopic (exact) mass is 281 g/mol. The second-order valence-corrected chi connectivity index (χ2v) is 5.19. The van der Waals surface area contributed by atoms with E-state index < -0.39 is 0 Å². The molecule has 1 aliphatic rings. The van der Waals surface area contributed by atoms with Crippen LogP contribution in [0.2, 0.25) is 0 Å². The average molecular weight is 281 g/mol. The highest BCUT2D eigenvalue weighted by Gasteiger charge is 2.23. The first-order chi connectivity index (χ1) is 10.3. The van der Waals surface area contributed by atoms with E-state index in [0.717, 1.165) is 30.0 Å². The molecule has 0 unspecified atom stereocenters. The van der Waals surface area contributed by atoms with Gasteiger partial charge in [-0.2, -0.15) is 0 Å². The third-order valence-corrected chi connectivity index (χ3v) is 3.71. The normalized spacial score (nSPS) is 14.0. The van der Waals surface area contributed by atoms with Gasteiger partial charge in [0.25, 0.3) is 0 Å². The van der Waals surface area contributed by atoms with Crippen LogP contribution in [0.15, 0.2) is 42.6 Å². The van der Waals surface area contributed by atoms with Crippen LogP contribution in [0.4, 0.5) is 11.5 Å². The number of nitrogens with one attached hydrogen (secondary N) is 1. The Hall–Kier alpha value is -2.36. The van der Waals surface area contributed by atoms with Gasteiger partial charge >= 0.3 is 0 Å². The number of amides is 1. The van der Waals surface area contributed by atoms with Crippen molar-refractivity contribution in [1.29, 1.82) is 0 Å². The maximum atomic E-state index is 12.3. The van der Waals surface area contributed by atoms with Crippen LogP contribution in [0.25, 0.3) is 0 Å². The van der Waals surface area contributed by atoms with Crippen molar-refractivity contribution in [3.8, 4) is 0 Å². The van der Waals surface area contributed by atoms with Gasteiger partial charge in [-0.3, -0.25) is 4.79 Å². The van der Waals surface area contributed by atoms with Gasteiger partial charge in [0.05, 0.1) is 6.54 Å². The van der Waals surface area contributed by atoms with Crippen molar-refractivity contribution in [3.63, 3.8) is 0 Å². The van der Waals surface area contributed by atoms with E-state index in [1.165, 1.54) is 5.56 Å². The molecule has 0 fully saturated rings. The Kier molecular flexibility index (Phi) is 3.86. The number of hydrogen-bond acceptors (Lipinski definition) is 3. The first-order valence-electron chi connectivity index (χ1n) is 7.35. The lowest BCUT2D eigenvalue weighted by atomic mass is 10.0. The molecule has 3 rings (SSSR count). The Labute approximate surface area is 124 Å². The van der Waals surface area contributed by atoms with Crippen molar-refractivity contribution in [2.45, 2.75) is 26.3 Å². The number of nitrogens with zero attached hydrogens (tertiary/aromatic N) is 2. The third-order valence-electron chi connectivity index (χ3n) is 3.71. The Morgan fingerprint density at radius 2 is 2.10 bits per heavy atom. The van der Waals surface area contributed by atoms with Crippen molar-refractivity contribution in [1.82, 2.24) is 4.98 Å². The number of fused-ring (bicyclic) bond motifs is 1. The van der Waals surface area contributed by atoms with Crippen LogP contribution in [0.1, 0.15) is 24.5 Å². The van der Waals surface area contributed by atoms with Crippen LogP contribution in [-0.2, 0) is 17.8 Å². The molecular weight excluding hydrogens is 262 g/mol. The molecule has 1 aromatic heterocycles. The Balaban J connectivity index is 1.87. The van der Waals surface area contributed by atoms with E-state index in [9.17, 15) is 4.79 Å². The van der Waals surface area contributed by atoms with Crippen molar-refractivity contribution >= 4 is 17.4 Å². The number of pyridine rings is 1. The highest BCUT2D eigenvalue weighted by molar-refractivity contribution is 5.96. The molecular formula is C17H19N3O. The molecule has 1 amide bonds. The van der Waals surface area contributed by atoms with Gasteiger partial charge in [-0.15, -0.1) is 0 Å². The summed E-state index contributed by atoms with van der Waals surface area (Å²) < 4.78 is 0. The molecule has 0 saturated carbocycles. The quantitative estimate of drug-likeness (QED) is 0.937. The largest absolute Gasteiger partial charge is 0.370 e. The molecule has 2 heterocycles. The zero-order valence-electron chi connectivity index (χ0n) is 12.2. The van der Waals surface area contributed by atoms with Gasteiger partial charge in [0.15, 0.2) is 0 Å². The van der Waals surface area contributed by atoms with Crippen LogP contribution in [0.3, 0.4) is 0 Å². The number of para-hydroxylation sites is 1. The number of anilines is 2. The van der Waals surface area contributed by atoms with E-state index in [1.807, 2.05) is 42.2 Å². The standard InChI is InChI=1S/C17H19N3O/c1-2-18-16-11-13(9-10-19-16)12-20-15-6-4-3-5-14(15)7-8-17(20)21/h3-6,9-11H,2,7-8,12H2,1H3,(H,18,19). The number of carbonyl (C=O) groups is 1. The van der Waals surface area contributed by atoms with E-state index in [4.69, 9.17) is 0 Å². The summed E-state index contributed by atoms with van der Waals surface area (Å²) in [7, 11) is 0. The molecule has 4 nitrogen and oxygen atoms in total. The molecule has 0 spiro atoms. The summed E-state index contributed by atoms with van der Waals surface area (Å²) in [6.45, 7) is 3.47. The summed E-state index contributed by atoms with van der Waals surface area (Å²) >= 11 is 0. The molecule has 2 aromatic rings. The molecule has 0 atom stereocenters. The first-order valence-corrected chi connectivity index (χ1v) is 7.35. The number of hydrogen-bond donors (Lipinski definition) is 1. The summed E-state index contributed by atoms with van der Waals surface area (Å²) in [4.78, 5) is 18.4. The van der Waals surface area contributed by atoms with E-state index >= 15 is 0 Å². The SMILES string of the molecule is CCNc1cc(CN2C(=O)CCc3ccccc32)ccn1. The molecule has 0 bridgehead atoms. The zero-order valence-corrected chi connectivity index (χ0v) is 12.2. The van der Waals surface area contributed by atoms with Gasteiger partial charge in [-0.25, -0.2) is 4.98 Å². The smallest absolute Gasteiger partial charge is 0.227 e. The van der Waals surface area contributed by atoms with Crippen LogP contribution >= 0.6 is 0 Å².